The van der Waals surface area contributed by atoms with Crippen molar-refractivity contribution in [3.63, 3.8) is 0 Å². The van der Waals surface area contributed by atoms with Crippen molar-refractivity contribution in [3.8, 4) is 11.8 Å². The number of fused-ring (bicyclic) bond motifs is 1. The van der Waals surface area contributed by atoms with Gasteiger partial charge in [-0.3, -0.25) is 0 Å². The molecule has 0 radical (unpaired) electrons. The topological polar surface area (TPSA) is 80.4 Å². The highest BCUT2D eigenvalue weighted by molar-refractivity contribution is 5.74. The van der Waals surface area contributed by atoms with Gasteiger partial charge in [-0.25, -0.2) is 0 Å². The molecule has 1 aromatic heterocycles. The largest absolute Gasteiger partial charge is 0.382 e. The summed E-state index contributed by atoms with van der Waals surface area (Å²) in [6, 6.07) is 24.0. The number of para-hydroxylation sites is 1. The fourth-order valence-corrected chi connectivity index (χ4v) is 3.61. The smallest absolute Gasteiger partial charge is 0.256 e. The molecule has 0 aliphatic heterocycles. The number of benzene rings is 3. The number of aromatic nitrogens is 3. The van der Waals surface area contributed by atoms with Crippen molar-refractivity contribution in [2.24, 2.45) is 0 Å². The van der Waals surface area contributed by atoms with E-state index in [0.717, 1.165) is 5.56 Å². The molecule has 4 rings (SSSR count). The molecule has 3 unspecified atom stereocenters. The summed E-state index contributed by atoms with van der Waals surface area (Å²) in [6.07, 6.45) is -2.25. The first-order chi connectivity index (χ1) is 15.5. The highest BCUT2D eigenvalue weighted by Gasteiger charge is 2.43. The van der Waals surface area contributed by atoms with Crippen LogP contribution in [0.5, 0.6) is 0 Å². The third-order valence-corrected chi connectivity index (χ3v) is 5.30. The Balaban J connectivity index is 1.90. The van der Waals surface area contributed by atoms with Crippen LogP contribution in [0.2, 0.25) is 0 Å². The van der Waals surface area contributed by atoms with Gasteiger partial charge in [0.05, 0.1) is 5.52 Å². The van der Waals surface area contributed by atoms with E-state index in [1.807, 2.05) is 80.6 Å². The molecule has 1 heterocycles. The third-order valence-electron chi connectivity index (χ3n) is 5.30. The van der Waals surface area contributed by atoms with Gasteiger partial charge in [0.25, 0.3) is 5.72 Å². The molecule has 0 aliphatic carbocycles. The molecule has 32 heavy (non-hydrogen) atoms. The molecule has 162 valence electrons. The van der Waals surface area contributed by atoms with Crippen LogP contribution >= 0.6 is 0 Å². The summed E-state index contributed by atoms with van der Waals surface area (Å²) in [4.78, 5) is 0. The van der Waals surface area contributed by atoms with Crippen LogP contribution in [0.4, 0.5) is 0 Å². The average Bonchev–Trinajstić information content (AvgIpc) is 3.27. The van der Waals surface area contributed by atoms with Gasteiger partial charge in [0.15, 0.2) is 0 Å². The number of hydrogen-bond donors (Lipinski definition) is 2. The first kappa shape index (κ1) is 21.7. The molecule has 0 fully saturated rings. The third kappa shape index (κ3) is 4.14. The van der Waals surface area contributed by atoms with E-state index in [9.17, 15) is 10.2 Å². The number of ether oxygens (including phenoxy) is 1. The van der Waals surface area contributed by atoms with Gasteiger partial charge in [0.1, 0.15) is 17.7 Å². The number of hydrogen-bond acceptors (Lipinski definition) is 5. The van der Waals surface area contributed by atoms with Crippen molar-refractivity contribution in [2.45, 2.75) is 31.8 Å². The fraction of sp³-hybridized carbons (Fsp3) is 0.231. The van der Waals surface area contributed by atoms with Gasteiger partial charge in [0, 0.05) is 6.61 Å². The van der Waals surface area contributed by atoms with Crippen LogP contribution < -0.4 is 0 Å². The quantitative estimate of drug-likeness (QED) is 0.456. The molecule has 0 amide bonds. The summed E-state index contributed by atoms with van der Waals surface area (Å²) in [5.41, 5.74) is 2.05. The summed E-state index contributed by atoms with van der Waals surface area (Å²) < 4.78 is 7.64. The molecule has 0 spiro atoms. The summed E-state index contributed by atoms with van der Waals surface area (Å²) >= 11 is 0. The lowest BCUT2D eigenvalue weighted by molar-refractivity contribution is -0.142. The van der Waals surface area contributed by atoms with Gasteiger partial charge >= 0.3 is 0 Å². The zero-order valence-corrected chi connectivity index (χ0v) is 18.0. The molecular formula is C26H25N3O3. The van der Waals surface area contributed by atoms with E-state index >= 15 is 0 Å². The van der Waals surface area contributed by atoms with E-state index in [2.05, 4.69) is 22.2 Å². The highest BCUT2D eigenvalue weighted by Crippen LogP contribution is 2.36. The van der Waals surface area contributed by atoms with Gasteiger partial charge < -0.3 is 14.9 Å². The minimum atomic E-state index is -1.60. The fourth-order valence-electron chi connectivity index (χ4n) is 3.61. The zero-order chi connectivity index (χ0) is 22.6. The Hall–Kier alpha value is -3.50. The van der Waals surface area contributed by atoms with Crippen molar-refractivity contribution in [3.05, 3.63) is 95.6 Å². The maximum Gasteiger partial charge on any atom is 0.256 e. The minimum absolute atomic E-state index is 0.257. The Morgan fingerprint density at radius 3 is 2.34 bits per heavy atom. The number of nitrogens with zero attached hydrogens (tertiary/aromatic N) is 3. The summed E-state index contributed by atoms with van der Waals surface area (Å²) in [5.74, 6) is 5.90. The SMILES string of the molecule is CCOC(C#CC(O)c1ccccc1)(C(O)c1ccc(C)cc1)n1nnc2ccccc21. The van der Waals surface area contributed by atoms with Crippen LogP contribution in [0.25, 0.3) is 11.0 Å². The lowest BCUT2D eigenvalue weighted by Crippen LogP contribution is -2.42. The first-order valence-corrected chi connectivity index (χ1v) is 10.5. The molecule has 4 aromatic rings. The number of aliphatic hydroxyl groups excluding tert-OH is 2. The van der Waals surface area contributed by atoms with E-state index in [0.29, 0.717) is 22.2 Å². The zero-order valence-electron chi connectivity index (χ0n) is 18.0. The van der Waals surface area contributed by atoms with Crippen LogP contribution in [0, 0.1) is 18.8 Å². The molecule has 0 aliphatic rings. The van der Waals surface area contributed by atoms with E-state index < -0.39 is 17.9 Å². The van der Waals surface area contributed by atoms with Gasteiger partial charge in [-0.2, -0.15) is 4.68 Å². The van der Waals surface area contributed by atoms with E-state index in [4.69, 9.17) is 4.74 Å². The maximum atomic E-state index is 11.6. The van der Waals surface area contributed by atoms with E-state index in [-0.39, 0.29) is 6.61 Å². The molecule has 0 bridgehead atoms. The molecular weight excluding hydrogens is 402 g/mol. The van der Waals surface area contributed by atoms with Crippen LogP contribution in [-0.2, 0) is 10.5 Å². The monoisotopic (exact) mass is 427 g/mol. The Labute approximate surface area is 187 Å². The number of aliphatic hydroxyl groups is 2. The molecule has 0 saturated carbocycles. The summed E-state index contributed by atoms with van der Waals surface area (Å²) in [7, 11) is 0. The van der Waals surface area contributed by atoms with Crippen molar-refractivity contribution >= 4 is 11.0 Å². The van der Waals surface area contributed by atoms with E-state index in [1.165, 1.54) is 4.68 Å². The van der Waals surface area contributed by atoms with E-state index in [1.54, 1.807) is 12.1 Å². The van der Waals surface area contributed by atoms with Crippen LogP contribution in [-0.4, -0.2) is 31.8 Å². The maximum absolute atomic E-state index is 11.6. The second kappa shape index (κ2) is 9.33. The molecule has 2 N–H and O–H groups in total. The van der Waals surface area contributed by atoms with Crippen molar-refractivity contribution in [2.75, 3.05) is 6.61 Å². The molecule has 3 aromatic carbocycles. The standard InChI is InChI=1S/C26H25N3O3/c1-3-32-26(25(31)21-15-13-19(2)14-16-21,18-17-24(30)20-9-5-4-6-10-20)29-23-12-8-7-11-22(23)27-28-29/h4-16,24-25,30-31H,3H2,1-2H3. The Kier molecular flexibility index (Phi) is 6.33. The Morgan fingerprint density at radius 2 is 1.62 bits per heavy atom. The normalized spacial score (nSPS) is 14.9. The Bertz CT molecular complexity index is 1240. The van der Waals surface area contributed by atoms with Crippen LogP contribution in [0.3, 0.4) is 0 Å². The predicted molar refractivity (Wildman–Crippen MR) is 122 cm³/mol. The molecule has 6 heteroatoms. The molecule has 0 saturated heterocycles. The Morgan fingerprint density at radius 1 is 0.938 bits per heavy atom. The lowest BCUT2D eigenvalue weighted by Gasteiger charge is -2.33. The first-order valence-electron chi connectivity index (χ1n) is 10.5. The predicted octanol–water partition coefficient (Wildman–Crippen LogP) is 3.90. The molecule has 6 nitrogen and oxygen atoms in total. The minimum Gasteiger partial charge on any atom is -0.382 e. The second-order valence-corrected chi connectivity index (χ2v) is 7.52. The average molecular weight is 428 g/mol. The van der Waals surface area contributed by atoms with Crippen molar-refractivity contribution in [1.29, 1.82) is 0 Å². The summed E-state index contributed by atoms with van der Waals surface area (Å²) in [6.45, 7) is 4.06. The van der Waals surface area contributed by atoms with Crippen LogP contribution in [0.15, 0.2) is 78.9 Å². The van der Waals surface area contributed by atoms with Gasteiger partial charge in [-0.1, -0.05) is 83.4 Å². The van der Waals surface area contributed by atoms with Crippen LogP contribution in [0.1, 0.15) is 35.8 Å². The number of aryl methyl sites for hydroxylation is 1. The number of rotatable bonds is 6. The van der Waals surface area contributed by atoms with Crippen molar-refractivity contribution in [1.82, 2.24) is 15.0 Å². The molecule has 3 atom stereocenters. The summed E-state index contributed by atoms with van der Waals surface area (Å²) in [5, 5.41) is 30.8. The second-order valence-electron chi connectivity index (χ2n) is 7.52. The lowest BCUT2D eigenvalue weighted by atomic mass is 9.96. The van der Waals surface area contributed by atoms with Crippen molar-refractivity contribution < 1.29 is 14.9 Å². The van der Waals surface area contributed by atoms with Gasteiger partial charge in [0.2, 0.25) is 0 Å². The highest BCUT2D eigenvalue weighted by atomic mass is 16.5. The van der Waals surface area contributed by atoms with Gasteiger partial charge in [-0.15, -0.1) is 5.10 Å². The van der Waals surface area contributed by atoms with Gasteiger partial charge in [-0.05, 0) is 43.0 Å².